The van der Waals surface area contributed by atoms with E-state index in [1.54, 1.807) is 6.08 Å². The van der Waals surface area contributed by atoms with Crippen molar-refractivity contribution in [3.63, 3.8) is 0 Å². The summed E-state index contributed by atoms with van der Waals surface area (Å²) in [5.74, 6) is -0.628. The molecule has 0 N–H and O–H groups in total. The summed E-state index contributed by atoms with van der Waals surface area (Å²) < 4.78 is 15.6. The summed E-state index contributed by atoms with van der Waals surface area (Å²) in [5, 5.41) is 0. The number of ether oxygens (including phenoxy) is 3. The lowest BCUT2D eigenvalue weighted by Gasteiger charge is -2.38. The van der Waals surface area contributed by atoms with Crippen molar-refractivity contribution in [3.8, 4) is 0 Å². The SMILES string of the molecule is C=C/C=C1\C(=C/CC)CN(C2CCC(=O)N(COC(=O)OCCN3CCOCC3)C2=O)C12CC2. The molecule has 1 unspecified atom stereocenters. The Labute approximate surface area is 201 Å². The van der Waals surface area contributed by atoms with Gasteiger partial charge in [-0.15, -0.1) is 0 Å². The number of likely N-dealkylation sites (tertiary alicyclic amines) is 2. The maximum Gasteiger partial charge on any atom is 0.510 e. The molecule has 34 heavy (non-hydrogen) atoms. The molecule has 9 heteroatoms. The second-order valence-electron chi connectivity index (χ2n) is 9.15. The summed E-state index contributed by atoms with van der Waals surface area (Å²) in [6.45, 7) is 9.94. The molecule has 0 radical (unpaired) electrons. The Balaban J connectivity index is 1.34. The number of allylic oxidation sites excluding steroid dienone is 3. The van der Waals surface area contributed by atoms with Gasteiger partial charge in [-0.25, -0.2) is 9.69 Å². The van der Waals surface area contributed by atoms with Gasteiger partial charge in [-0.05, 0) is 36.8 Å². The van der Waals surface area contributed by atoms with E-state index in [1.807, 2.05) is 0 Å². The molecule has 4 rings (SSSR count). The Morgan fingerprint density at radius 3 is 2.68 bits per heavy atom. The van der Waals surface area contributed by atoms with E-state index in [-0.39, 0.29) is 30.4 Å². The van der Waals surface area contributed by atoms with Crippen LogP contribution < -0.4 is 0 Å². The maximum atomic E-state index is 13.4. The van der Waals surface area contributed by atoms with Gasteiger partial charge < -0.3 is 14.2 Å². The monoisotopic (exact) mass is 473 g/mol. The smallest absolute Gasteiger partial charge is 0.433 e. The number of amides is 2. The van der Waals surface area contributed by atoms with Crippen molar-refractivity contribution < 1.29 is 28.6 Å². The van der Waals surface area contributed by atoms with Crippen LogP contribution in [-0.2, 0) is 23.8 Å². The molecule has 3 aliphatic heterocycles. The van der Waals surface area contributed by atoms with Gasteiger partial charge in [0.1, 0.15) is 6.61 Å². The minimum Gasteiger partial charge on any atom is -0.433 e. The maximum absolute atomic E-state index is 13.4. The molecule has 3 saturated heterocycles. The van der Waals surface area contributed by atoms with Gasteiger partial charge in [-0.1, -0.05) is 31.7 Å². The number of morpholine rings is 1. The topological polar surface area (TPSA) is 88.6 Å². The van der Waals surface area contributed by atoms with Crippen molar-refractivity contribution in [2.75, 3.05) is 52.7 Å². The van der Waals surface area contributed by atoms with Crippen LogP contribution in [0.2, 0.25) is 0 Å². The average Bonchev–Trinajstić information content (AvgIpc) is 3.57. The largest absolute Gasteiger partial charge is 0.510 e. The normalized spacial score (nSPS) is 27.6. The van der Waals surface area contributed by atoms with Gasteiger partial charge in [-0.3, -0.25) is 19.4 Å². The van der Waals surface area contributed by atoms with E-state index >= 15 is 0 Å². The summed E-state index contributed by atoms with van der Waals surface area (Å²) in [5.41, 5.74) is 2.32. The Morgan fingerprint density at radius 2 is 2.00 bits per heavy atom. The number of rotatable bonds is 8. The van der Waals surface area contributed by atoms with Crippen LogP contribution in [-0.4, -0.2) is 97.0 Å². The average molecular weight is 474 g/mol. The summed E-state index contributed by atoms with van der Waals surface area (Å²) >= 11 is 0. The zero-order valence-corrected chi connectivity index (χ0v) is 20.0. The minimum absolute atomic E-state index is 0.152. The van der Waals surface area contributed by atoms with E-state index in [0.29, 0.717) is 32.7 Å². The standard InChI is InChI=1S/C25H35N3O6/c1-3-5-19-17-28(25(9-10-25)20(19)6-4-2)21-7-8-22(29)27(23(21)30)18-34-24(31)33-16-13-26-11-14-32-15-12-26/h4-6,21H,2-3,7-18H2,1H3/b19-5-,20-6+. The van der Waals surface area contributed by atoms with Crippen molar-refractivity contribution >= 4 is 18.0 Å². The van der Waals surface area contributed by atoms with Crippen LogP contribution in [0.5, 0.6) is 0 Å². The van der Waals surface area contributed by atoms with Crippen LogP contribution in [0.4, 0.5) is 4.79 Å². The van der Waals surface area contributed by atoms with Gasteiger partial charge >= 0.3 is 6.16 Å². The van der Waals surface area contributed by atoms with Crippen LogP contribution in [0.1, 0.15) is 39.0 Å². The fourth-order valence-corrected chi connectivity index (χ4v) is 5.25. The van der Waals surface area contributed by atoms with Crippen LogP contribution in [0.15, 0.2) is 36.0 Å². The van der Waals surface area contributed by atoms with Gasteiger partial charge in [0.25, 0.3) is 0 Å². The lowest BCUT2D eigenvalue weighted by molar-refractivity contribution is -0.158. The number of imide groups is 1. The van der Waals surface area contributed by atoms with Gasteiger partial charge in [0.05, 0.1) is 19.3 Å². The van der Waals surface area contributed by atoms with Crippen LogP contribution in [0.25, 0.3) is 0 Å². The van der Waals surface area contributed by atoms with Gasteiger partial charge in [0.15, 0.2) is 6.73 Å². The van der Waals surface area contributed by atoms with Crippen molar-refractivity contribution in [2.24, 2.45) is 0 Å². The zero-order valence-electron chi connectivity index (χ0n) is 20.0. The third-order valence-corrected chi connectivity index (χ3v) is 7.10. The molecule has 9 nitrogen and oxygen atoms in total. The Hall–Kier alpha value is -2.49. The van der Waals surface area contributed by atoms with Crippen LogP contribution in [0.3, 0.4) is 0 Å². The van der Waals surface area contributed by atoms with Gasteiger partial charge in [0, 0.05) is 38.1 Å². The number of nitrogens with zero attached hydrogens (tertiary/aromatic N) is 3. The van der Waals surface area contributed by atoms with E-state index in [1.165, 1.54) is 11.1 Å². The number of carbonyl (C=O) groups is 3. The lowest BCUT2D eigenvalue weighted by Crippen LogP contribution is -2.57. The molecule has 0 aromatic carbocycles. The molecular formula is C25H35N3O6. The quantitative estimate of drug-likeness (QED) is 0.392. The lowest BCUT2D eigenvalue weighted by atomic mass is 9.98. The Morgan fingerprint density at radius 1 is 1.24 bits per heavy atom. The number of hydrogen-bond donors (Lipinski definition) is 0. The summed E-state index contributed by atoms with van der Waals surface area (Å²) in [6.07, 6.45) is 8.79. The van der Waals surface area contributed by atoms with E-state index < -0.39 is 18.9 Å². The molecule has 4 aliphatic rings. The molecule has 186 valence electrons. The number of hydrogen-bond acceptors (Lipinski definition) is 8. The van der Waals surface area contributed by atoms with Crippen molar-refractivity contribution in [1.82, 2.24) is 14.7 Å². The van der Waals surface area contributed by atoms with Gasteiger partial charge in [0.2, 0.25) is 11.8 Å². The first-order chi connectivity index (χ1) is 16.5. The molecular weight excluding hydrogens is 438 g/mol. The van der Waals surface area contributed by atoms with E-state index in [9.17, 15) is 14.4 Å². The molecule has 1 aliphatic carbocycles. The number of carbonyl (C=O) groups excluding carboxylic acids is 3. The molecule has 1 saturated carbocycles. The first-order valence-electron chi connectivity index (χ1n) is 12.2. The first-order valence-corrected chi connectivity index (χ1v) is 12.2. The molecule has 0 bridgehead atoms. The minimum atomic E-state index is -0.875. The summed E-state index contributed by atoms with van der Waals surface area (Å²) in [7, 11) is 0. The van der Waals surface area contributed by atoms with Crippen LogP contribution in [0, 0.1) is 0 Å². The van der Waals surface area contributed by atoms with Gasteiger partial charge in [-0.2, -0.15) is 0 Å². The van der Waals surface area contributed by atoms with Crippen molar-refractivity contribution in [3.05, 3.63) is 36.0 Å². The molecule has 4 fully saturated rings. The third-order valence-electron chi connectivity index (χ3n) is 7.10. The van der Waals surface area contributed by atoms with E-state index in [2.05, 4.69) is 35.5 Å². The molecule has 1 atom stereocenters. The highest BCUT2D eigenvalue weighted by Crippen LogP contribution is 2.56. The third kappa shape index (κ3) is 5.11. The van der Waals surface area contributed by atoms with E-state index in [0.717, 1.165) is 37.3 Å². The highest BCUT2D eigenvalue weighted by molar-refractivity contribution is 6.00. The summed E-state index contributed by atoms with van der Waals surface area (Å²) in [6, 6.07) is -0.419. The molecule has 1 spiro atoms. The zero-order chi connectivity index (χ0) is 24.1. The van der Waals surface area contributed by atoms with Crippen molar-refractivity contribution in [1.29, 1.82) is 0 Å². The molecule has 3 heterocycles. The van der Waals surface area contributed by atoms with Crippen molar-refractivity contribution in [2.45, 2.75) is 50.6 Å². The Kier molecular flexibility index (Phi) is 7.85. The highest BCUT2D eigenvalue weighted by Gasteiger charge is 2.59. The van der Waals surface area contributed by atoms with Crippen LogP contribution >= 0.6 is 0 Å². The fourth-order valence-electron chi connectivity index (χ4n) is 5.25. The second-order valence-corrected chi connectivity index (χ2v) is 9.15. The molecule has 2 amide bonds. The second kappa shape index (κ2) is 10.8. The predicted molar refractivity (Wildman–Crippen MR) is 125 cm³/mol. The Bertz CT molecular complexity index is 872. The first kappa shape index (κ1) is 24.6. The molecule has 0 aromatic rings. The number of piperidine rings is 1. The van der Waals surface area contributed by atoms with E-state index in [4.69, 9.17) is 14.2 Å². The predicted octanol–water partition coefficient (Wildman–Crippen LogP) is 2.24. The summed E-state index contributed by atoms with van der Waals surface area (Å²) in [4.78, 5) is 43.4. The fraction of sp³-hybridized carbons (Fsp3) is 0.640. The molecule has 0 aromatic heterocycles. The highest BCUT2D eigenvalue weighted by atomic mass is 16.7.